The van der Waals surface area contributed by atoms with E-state index < -0.39 is 0 Å². The van der Waals surface area contributed by atoms with Gasteiger partial charge in [-0.1, -0.05) is 46.0 Å². The van der Waals surface area contributed by atoms with Crippen LogP contribution in [0.15, 0.2) is 0 Å². The standard InChI is InChI=1S/C14H29N/c1-4-10-15-12(3)14(5-2)11-13-8-6-7-9-13/h12-15H,4-11H2,1-3H3. The second-order valence-electron chi connectivity index (χ2n) is 5.30. The fourth-order valence-electron chi connectivity index (χ4n) is 2.94. The van der Waals surface area contributed by atoms with Gasteiger partial charge in [0.05, 0.1) is 0 Å². The Morgan fingerprint density at radius 3 is 2.40 bits per heavy atom. The molecular weight excluding hydrogens is 182 g/mol. The number of rotatable bonds is 7. The molecule has 0 spiro atoms. The van der Waals surface area contributed by atoms with Crippen molar-refractivity contribution in [1.82, 2.24) is 5.32 Å². The predicted octanol–water partition coefficient (Wildman–Crippen LogP) is 3.98. The molecule has 90 valence electrons. The zero-order valence-electron chi connectivity index (χ0n) is 10.9. The Labute approximate surface area is 96.0 Å². The molecular formula is C14H29N. The lowest BCUT2D eigenvalue weighted by Crippen LogP contribution is -2.34. The van der Waals surface area contributed by atoms with Crippen molar-refractivity contribution in [3.63, 3.8) is 0 Å². The molecule has 0 amide bonds. The van der Waals surface area contributed by atoms with Gasteiger partial charge in [0.15, 0.2) is 0 Å². The van der Waals surface area contributed by atoms with Crippen molar-refractivity contribution in [2.24, 2.45) is 11.8 Å². The van der Waals surface area contributed by atoms with Crippen molar-refractivity contribution in [2.45, 2.75) is 71.8 Å². The van der Waals surface area contributed by atoms with Gasteiger partial charge in [-0.15, -0.1) is 0 Å². The molecule has 0 bridgehead atoms. The Morgan fingerprint density at radius 2 is 1.87 bits per heavy atom. The second-order valence-corrected chi connectivity index (χ2v) is 5.30. The molecule has 0 radical (unpaired) electrons. The maximum atomic E-state index is 3.66. The molecule has 1 aliphatic rings. The molecule has 1 saturated carbocycles. The van der Waals surface area contributed by atoms with E-state index in [9.17, 15) is 0 Å². The van der Waals surface area contributed by atoms with Crippen LogP contribution >= 0.6 is 0 Å². The molecule has 2 atom stereocenters. The van der Waals surface area contributed by atoms with Crippen LogP contribution in [0.25, 0.3) is 0 Å². The van der Waals surface area contributed by atoms with Crippen LogP contribution in [0.3, 0.4) is 0 Å². The summed E-state index contributed by atoms with van der Waals surface area (Å²) in [6.45, 7) is 8.16. The highest BCUT2D eigenvalue weighted by Gasteiger charge is 2.22. The van der Waals surface area contributed by atoms with E-state index in [0.717, 1.165) is 17.9 Å². The van der Waals surface area contributed by atoms with Gasteiger partial charge < -0.3 is 5.32 Å². The fraction of sp³-hybridized carbons (Fsp3) is 1.00. The van der Waals surface area contributed by atoms with Crippen LogP contribution in [0.2, 0.25) is 0 Å². The van der Waals surface area contributed by atoms with Crippen LogP contribution in [0.5, 0.6) is 0 Å². The van der Waals surface area contributed by atoms with Gasteiger partial charge in [-0.3, -0.25) is 0 Å². The normalized spacial score (nSPS) is 21.8. The Kier molecular flexibility index (Phi) is 6.31. The van der Waals surface area contributed by atoms with E-state index in [4.69, 9.17) is 0 Å². The van der Waals surface area contributed by atoms with Crippen LogP contribution < -0.4 is 5.32 Å². The minimum absolute atomic E-state index is 0.718. The lowest BCUT2D eigenvalue weighted by Gasteiger charge is -2.26. The predicted molar refractivity (Wildman–Crippen MR) is 68.1 cm³/mol. The third-order valence-electron chi connectivity index (χ3n) is 4.06. The average Bonchev–Trinajstić information content (AvgIpc) is 2.75. The van der Waals surface area contributed by atoms with Gasteiger partial charge in [0.25, 0.3) is 0 Å². The number of nitrogens with one attached hydrogen (secondary N) is 1. The SMILES string of the molecule is CCCNC(C)C(CC)CC1CCCC1. The first-order valence-corrected chi connectivity index (χ1v) is 7.01. The fourth-order valence-corrected chi connectivity index (χ4v) is 2.94. The molecule has 0 aromatic heterocycles. The average molecular weight is 211 g/mol. The van der Waals surface area contributed by atoms with Gasteiger partial charge in [0.1, 0.15) is 0 Å². The molecule has 0 aromatic rings. The zero-order valence-corrected chi connectivity index (χ0v) is 10.9. The van der Waals surface area contributed by atoms with E-state index in [1.807, 2.05) is 0 Å². The molecule has 0 heterocycles. The highest BCUT2D eigenvalue weighted by molar-refractivity contribution is 4.77. The first kappa shape index (κ1) is 13.0. The van der Waals surface area contributed by atoms with E-state index >= 15 is 0 Å². The summed E-state index contributed by atoms with van der Waals surface area (Å²) in [5.41, 5.74) is 0. The lowest BCUT2D eigenvalue weighted by atomic mass is 9.87. The van der Waals surface area contributed by atoms with Crippen LogP contribution in [0, 0.1) is 11.8 Å². The highest BCUT2D eigenvalue weighted by Crippen LogP contribution is 2.32. The van der Waals surface area contributed by atoms with Gasteiger partial charge in [0.2, 0.25) is 0 Å². The van der Waals surface area contributed by atoms with Gasteiger partial charge >= 0.3 is 0 Å². The topological polar surface area (TPSA) is 12.0 Å². The molecule has 1 fully saturated rings. The van der Waals surface area contributed by atoms with Gasteiger partial charge in [-0.25, -0.2) is 0 Å². The molecule has 1 heteroatoms. The van der Waals surface area contributed by atoms with Crippen molar-refractivity contribution in [3.05, 3.63) is 0 Å². The molecule has 0 saturated heterocycles. The summed E-state index contributed by atoms with van der Waals surface area (Å²) in [5, 5.41) is 3.66. The Hall–Kier alpha value is -0.0400. The third kappa shape index (κ3) is 4.55. The summed E-state index contributed by atoms with van der Waals surface area (Å²) in [7, 11) is 0. The minimum Gasteiger partial charge on any atom is -0.314 e. The summed E-state index contributed by atoms with van der Waals surface area (Å²) >= 11 is 0. The van der Waals surface area contributed by atoms with Crippen LogP contribution in [0.1, 0.15) is 65.7 Å². The van der Waals surface area contributed by atoms with Crippen molar-refractivity contribution in [3.8, 4) is 0 Å². The minimum atomic E-state index is 0.718. The monoisotopic (exact) mass is 211 g/mol. The lowest BCUT2D eigenvalue weighted by molar-refractivity contribution is 0.292. The maximum absolute atomic E-state index is 3.66. The Bertz CT molecular complexity index is 149. The van der Waals surface area contributed by atoms with Crippen molar-refractivity contribution >= 4 is 0 Å². The zero-order chi connectivity index (χ0) is 11.1. The molecule has 0 aliphatic heterocycles. The van der Waals surface area contributed by atoms with E-state index in [2.05, 4.69) is 26.1 Å². The molecule has 1 rings (SSSR count). The summed E-state index contributed by atoms with van der Waals surface area (Å²) in [6, 6.07) is 0.718. The second kappa shape index (κ2) is 7.27. The molecule has 15 heavy (non-hydrogen) atoms. The van der Waals surface area contributed by atoms with Crippen LogP contribution in [0.4, 0.5) is 0 Å². The van der Waals surface area contributed by atoms with Crippen molar-refractivity contribution in [2.75, 3.05) is 6.54 Å². The third-order valence-corrected chi connectivity index (χ3v) is 4.06. The van der Waals surface area contributed by atoms with E-state index in [1.165, 1.54) is 51.5 Å². The van der Waals surface area contributed by atoms with Gasteiger partial charge in [0, 0.05) is 6.04 Å². The summed E-state index contributed by atoms with van der Waals surface area (Å²) in [6.07, 6.45) is 10.0. The highest BCUT2D eigenvalue weighted by atomic mass is 14.9. The quantitative estimate of drug-likeness (QED) is 0.671. The number of hydrogen-bond donors (Lipinski definition) is 1. The Morgan fingerprint density at radius 1 is 1.20 bits per heavy atom. The summed E-state index contributed by atoms with van der Waals surface area (Å²) < 4.78 is 0. The summed E-state index contributed by atoms with van der Waals surface area (Å²) in [4.78, 5) is 0. The first-order chi connectivity index (χ1) is 7.27. The van der Waals surface area contributed by atoms with Crippen molar-refractivity contribution in [1.29, 1.82) is 0 Å². The maximum Gasteiger partial charge on any atom is 0.00669 e. The van der Waals surface area contributed by atoms with E-state index in [0.29, 0.717) is 0 Å². The smallest absolute Gasteiger partial charge is 0.00669 e. The van der Waals surface area contributed by atoms with Gasteiger partial charge in [-0.05, 0) is 38.1 Å². The molecule has 0 aromatic carbocycles. The molecule has 1 nitrogen and oxygen atoms in total. The summed E-state index contributed by atoms with van der Waals surface area (Å²) in [5.74, 6) is 1.94. The largest absolute Gasteiger partial charge is 0.314 e. The Balaban J connectivity index is 2.26. The van der Waals surface area contributed by atoms with E-state index in [1.54, 1.807) is 0 Å². The molecule has 1 aliphatic carbocycles. The number of hydrogen-bond acceptors (Lipinski definition) is 1. The van der Waals surface area contributed by atoms with Crippen LogP contribution in [-0.4, -0.2) is 12.6 Å². The van der Waals surface area contributed by atoms with Gasteiger partial charge in [-0.2, -0.15) is 0 Å². The molecule has 2 unspecified atom stereocenters. The first-order valence-electron chi connectivity index (χ1n) is 7.01. The molecule has 1 N–H and O–H groups in total. The van der Waals surface area contributed by atoms with E-state index in [-0.39, 0.29) is 0 Å². The van der Waals surface area contributed by atoms with Crippen LogP contribution in [-0.2, 0) is 0 Å². The van der Waals surface area contributed by atoms with Crippen molar-refractivity contribution < 1.29 is 0 Å².